The first-order valence-corrected chi connectivity index (χ1v) is 13.8. The van der Waals surface area contributed by atoms with Gasteiger partial charge in [-0.1, -0.05) is 94.0 Å². The van der Waals surface area contributed by atoms with Crippen LogP contribution in [0.1, 0.15) is 77.2 Å². The predicted molar refractivity (Wildman–Crippen MR) is 146 cm³/mol. The van der Waals surface area contributed by atoms with Gasteiger partial charge in [0, 0.05) is 30.0 Å². The van der Waals surface area contributed by atoms with E-state index in [0.717, 1.165) is 30.3 Å². The zero-order valence-corrected chi connectivity index (χ0v) is 21.9. The zero-order chi connectivity index (χ0) is 24.7. The van der Waals surface area contributed by atoms with Crippen molar-refractivity contribution in [3.8, 4) is 22.5 Å². The largest absolute Gasteiger partial charge is 0.356 e. The molecule has 2 heterocycles. The van der Waals surface area contributed by atoms with E-state index in [1.165, 1.54) is 81.2 Å². The lowest BCUT2D eigenvalue weighted by atomic mass is 9.87. The molecule has 1 fully saturated rings. The number of hydrogen-bond donors (Lipinski definition) is 1. The van der Waals surface area contributed by atoms with Gasteiger partial charge in [0.25, 0.3) is 0 Å². The molecule has 6 heteroatoms. The van der Waals surface area contributed by atoms with E-state index in [2.05, 4.69) is 86.7 Å². The van der Waals surface area contributed by atoms with Crippen LogP contribution in [0.4, 0.5) is 0 Å². The van der Waals surface area contributed by atoms with E-state index < -0.39 is 0 Å². The highest BCUT2D eigenvalue weighted by Crippen LogP contribution is 2.33. The van der Waals surface area contributed by atoms with Crippen molar-refractivity contribution in [2.24, 2.45) is 5.92 Å². The maximum Gasteiger partial charge on any atom is 0.180 e. The number of tetrazole rings is 1. The first-order valence-electron chi connectivity index (χ1n) is 13.8. The third kappa shape index (κ3) is 5.63. The average molecular weight is 485 g/mol. The lowest BCUT2D eigenvalue weighted by Gasteiger charge is -2.27. The van der Waals surface area contributed by atoms with Gasteiger partial charge >= 0.3 is 0 Å². The highest BCUT2D eigenvalue weighted by atomic mass is 15.5. The number of unbranched alkanes of at least 4 members (excludes halogenated alkanes) is 1. The van der Waals surface area contributed by atoms with Gasteiger partial charge in [-0.25, -0.2) is 5.10 Å². The molecule has 1 aromatic heterocycles. The summed E-state index contributed by atoms with van der Waals surface area (Å²) in [5, 5.41) is 14.5. The quantitative estimate of drug-likeness (QED) is 0.336. The van der Waals surface area contributed by atoms with E-state index in [1.807, 2.05) is 6.07 Å². The van der Waals surface area contributed by atoms with Crippen LogP contribution >= 0.6 is 0 Å². The molecule has 0 amide bonds. The van der Waals surface area contributed by atoms with Crippen molar-refractivity contribution in [1.29, 1.82) is 0 Å². The van der Waals surface area contributed by atoms with E-state index in [9.17, 15) is 0 Å². The number of allylic oxidation sites excluding steroid dienone is 2. The summed E-state index contributed by atoms with van der Waals surface area (Å²) in [6.45, 7) is 7.84. The fourth-order valence-electron chi connectivity index (χ4n) is 5.91. The summed E-state index contributed by atoms with van der Waals surface area (Å²) in [6, 6.07) is 17.3. The molecule has 1 aliphatic carbocycles. The maximum atomic E-state index is 4.12. The van der Waals surface area contributed by atoms with Gasteiger partial charge in [0.2, 0.25) is 0 Å². The van der Waals surface area contributed by atoms with Gasteiger partial charge in [-0.15, -0.1) is 5.10 Å². The fourth-order valence-corrected chi connectivity index (χ4v) is 5.91. The number of nitrogens with one attached hydrogen (secondary N) is 1. The standard InChI is InChI=1S/C30H40N6/c1-3-4-14-29-23(2)35(20-19-24-10-6-5-7-11-24)22-36(29)21-25-15-17-26(18-16-25)27-12-8-9-13-28(27)30-31-33-34-32-30/h8-9,12-13,15-18,24H,3-7,10-11,14,19-22H2,1-2H3,(H,31,32,33,34). The average Bonchev–Trinajstić information content (AvgIpc) is 3.56. The number of nitrogens with zero attached hydrogens (tertiary/aromatic N) is 5. The molecular weight excluding hydrogens is 444 g/mol. The molecule has 0 unspecified atom stereocenters. The lowest BCUT2D eigenvalue weighted by molar-refractivity contribution is 0.216. The molecule has 0 radical (unpaired) electrons. The summed E-state index contributed by atoms with van der Waals surface area (Å²) in [4.78, 5) is 5.27. The second-order valence-corrected chi connectivity index (χ2v) is 10.5. The smallest absolute Gasteiger partial charge is 0.180 e. The van der Waals surface area contributed by atoms with Gasteiger partial charge in [-0.05, 0) is 59.2 Å². The van der Waals surface area contributed by atoms with Crippen molar-refractivity contribution in [3.05, 3.63) is 65.5 Å². The normalized spacial score (nSPS) is 16.8. The van der Waals surface area contributed by atoms with Crippen LogP contribution in [0, 0.1) is 5.92 Å². The number of hydrogen-bond acceptors (Lipinski definition) is 5. The van der Waals surface area contributed by atoms with Crippen LogP contribution in [0.5, 0.6) is 0 Å². The minimum absolute atomic E-state index is 0.696. The highest BCUT2D eigenvalue weighted by molar-refractivity contribution is 5.80. The number of benzene rings is 2. The van der Waals surface area contributed by atoms with Crippen molar-refractivity contribution in [2.75, 3.05) is 13.2 Å². The molecular formula is C30H40N6. The summed E-state index contributed by atoms with van der Waals surface area (Å²) in [5.74, 6) is 1.63. The summed E-state index contributed by atoms with van der Waals surface area (Å²) in [7, 11) is 0. The van der Waals surface area contributed by atoms with Crippen LogP contribution in [0.25, 0.3) is 22.5 Å². The summed E-state index contributed by atoms with van der Waals surface area (Å²) < 4.78 is 0. The van der Waals surface area contributed by atoms with Crippen molar-refractivity contribution < 1.29 is 0 Å². The monoisotopic (exact) mass is 484 g/mol. The van der Waals surface area contributed by atoms with Gasteiger partial charge < -0.3 is 9.80 Å². The molecule has 190 valence electrons. The molecule has 3 aromatic rings. The SMILES string of the molecule is CCCCC1=C(C)N(CCC2CCCCC2)CN1Cc1ccc(-c2ccccc2-c2nnn[nH]2)cc1. The molecule has 1 saturated carbocycles. The van der Waals surface area contributed by atoms with Gasteiger partial charge in [-0.3, -0.25) is 0 Å². The first-order chi connectivity index (χ1) is 17.7. The molecule has 0 spiro atoms. The second kappa shape index (κ2) is 11.7. The second-order valence-electron chi connectivity index (χ2n) is 10.5. The maximum absolute atomic E-state index is 4.12. The Morgan fingerprint density at radius 2 is 1.72 bits per heavy atom. The van der Waals surface area contributed by atoms with E-state index in [4.69, 9.17) is 0 Å². The summed E-state index contributed by atoms with van der Waals surface area (Å²) in [5.41, 5.74) is 7.74. The molecule has 5 rings (SSSR count). The minimum Gasteiger partial charge on any atom is -0.356 e. The molecule has 6 nitrogen and oxygen atoms in total. The van der Waals surface area contributed by atoms with Crippen LogP contribution in [0.15, 0.2) is 59.9 Å². The Hall–Kier alpha value is -3.15. The number of aromatic nitrogens is 4. The molecule has 1 N–H and O–H groups in total. The number of H-pyrrole nitrogens is 1. The van der Waals surface area contributed by atoms with Crippen molar-refractivity contribution in [3.63, 3.8) is 0 Å². The molecule has 0 atom stereocenters. The molecule has 36 heavy (non-hydrogen) atoms. The highest BCUT2D eigenvalue weighted by Gasteiger charge is 2.26. The van der Waals surface area contributed by atoms with Crippen LogP contribution in [0.3, 0.4) is 0 Å². The van der Waals surface area contributed by atoms with Gasteiger partial charge in [0.05, 0.1) is 6.67 Å². The van der Waals surface area contributed by atoms with Crippen LogP contribution in [-0.2, 0) is 6.54 Å². The Kier molecular flexibility index (Phi) is 7.99. The Labute approximate surface area is 215 Å². The van der Waals surface area contributed by atoms with Gasteiger partial charge in [0.1, 0.15) is 0 Å². The van der Waals surface area contributed by atoms with Crippen molar-refractivity contribution >= 4 is 0 Å². The predicted octanol–water partition coefficient (Wildman–Crippen LogP) is 7.00. The summed E-state index contributed by atoms with van der Waals surface area (Å²) >= 11 is 0. The fraction of sp³-hybridized carbons (Fsp3) is 0.500. The Bertz CT molecular complexity index is 1130. The molecule has 0 bridgehead atoms. The first kappa shape index (κ1) is 24.5. The molecule has 2 aliphatic rings. The molecule has 1 aliphatic heterocycles. The number of aromatic amines is 1. The third-order valence-electron chi connectivity index (χ3n) is 8.08. The Morgan fingerprint density at radius 3 is 2.44 bits per heavy atom. The van der Waals surface area contributed by atoms with E-state index >= 15 is 0 Å². The van der Waals surface area contributed by atoms with E-state index in [-0.39, 0.29) is 0 Å². The minimum atomic E-state index is 0.696. The topological polar surface area (TPSA) is 60.9 Å². The molecule has 2 aromatic carbocycles. The Balaban J connectivity index is 1.28. The van der Waals surface area contributed by atoms with Gasteiger partial charge in [-0.2, -0.15) is 0 Å². The van der Waals surface area contributed by atoms with Crippen molar-refractivity contribution in [1.82, 2.24) is 30.4 Å². The zero-order valence-electron chi connectivity index (χ0n) is 21.9. The summed E-state index contributed by atoms with van der Waals surface area (Å²) in [6.07, 6.45) is 12.2. The van der Waals surface area contributed by atoms with E-state index in [0.29, 0.717) is 5.82 Å². The lowest BCUT2D eigenvalue weighted by Crippen LogP contribution is -2.29. The van der Waals surface area contributed by atoms with Gasteiger partial charge in [0.15, 0.2) is 5.82 Å². The molecule has 0 saturated heterocycles. The van der Waals surface area contributed by atoms with Crippen LogP contribution in [-0.4, -0.2) is 43.6 Å². The third-order valence-corrected chi connectivity index (χ3v) is 8.08. The number of rotatable bonds is 10. The van der Waals surface area contributed by atoms with Crippen LogP contribution < -0.4 is 0 Å². The van der Waals surface area contributed by atoms with E-state index in [1.54, 1.807) is 5.70 Å². The Morgan fingerprint density at radius 1 is 0.944 bits per heavy atom. The van der Waals surface area contributed by atoms with Crippen molar-refractivity contribution in [2.45, 2.75) is 78.2 Å². The van der Waals surface area contributed by atoms with Crippen LogP contribution in [0.2, 0.25) is 0 Å².